The zero-order chi connectivity index (χ0) is 27.1. The van der Waals surface area contributed by atoms with Crippen LogP contribution in [-0.2, 0) is 6.42 Å². The van der Waals surface area contributed by atoms with Crippen molar-refractivity contribution in [3.05, 3.63) is 95.1 Å². The van der Waals surface area contributed by atoms with Crippen LogP contribution >= 0.6 is 0 Å². The highest BCUT2D eigenvalue weighted by atomic mass is 19.2. The zero-order valence-electron chi connectivity index (χ0n) is 22.5. The maximum absolute atomic E-state index is 15.2. The molecule has 0 N–H and O–H groups in total. The lowest BCUT2D eigenvalue weighted by Crippen LogP contribution is -2.15. The van der Waals surface area contributed by atoms with Crippen molar-refractivity contribution in [1.29, 1.82) is 0 Å². The lowest BCUT2D eigenvalue weighted by molar-refractivity contribution is 0.298. The van der Waals surface area contributed by atoms with Gasteiger partial charge in [-0.2, -0.15) is 0 Å². The molecule has 0 spiro atoms. The molecule has 0 aliphatic heterocycles. The summed E-state index contributed by atoms with van der Waals surface area (Å²) in [6.07, 6.45) is 13.8. The second-order valence-electron chi connectivity index (χ2n) is 10.6. The second-order valence-corrected chi connectivity index (χ2v) is 10.6. The van der Waals surface area contributed by atoms with Gasteiger partial charge in [0, 0.05) is 11.1 Å². The number of allylic oxidation sites excluding steroid dienone is 2. The highest BCUT2D eigenvalue weighted by Gasteiger charge is 2.26. The smallest absolute Gasteiger partial charge is 0.166 e. The van der Waals surface area contributed by atoms with E-state index < -0.39 is 23.3 Å². The minimum Gasteiger partial charge on any atom is -0.203 e. The highest BCUT2D eigenvalue weighted by molar-refractivity contribution is 5.71. The molecule has 0 bridgehead atoms. The summed E-state index contributed by atoms with van der Waals surface area (Å²) in [7, 11) is 0. The SMILES string of the molecule is CCC=CCc1ccc(-c2ccc(-c3ccc(C4CCC(CCCCC)CC4)c(F)c3F)cc2)c(F)c1F. The Kier molecular flexibility index (Phi) is 9.82. The molecule has 4 heteroatoms. The number of unbranched alkanes of at least 4 members (excludes halogenated alkanes) is 2. The summed E-state index contributed by atoms with van der Waals surface area (Å²) in [6, 6.07) is 13.0. The van der Waals surface area contributed by atoms with E-state index in [1.165, 1.54) is 25.7 Å². The summed E-state index contributed by atoms with van der Waals surface area (Å²) < 4.78 is 59.8. The number of rotatable bonds is 10. The van der Waals surface area contributed by atoms with Crippen LogP contribution in [0.3, 0.4) is 0 Å². The first-order valence-corrected chi connectivity index (χ1v) is 14.1. The van der Waals surface area contributed by atoms with E-state index >= 15 is 8.78 Å². The summed E-state index contributed by atoms with van der Waals surface area (Å²) in [5.41, 5.74) is 2.07. The first-order chi connectivity index (χ1) is 18.4. The maximum Gasteiger partial charge on any atom is 0.166 e. The molecule has 0 atom stereocenters. The van der Waals surface area contributed by atoms with Gasteiger partial charge in [0.15, 0.2) is 23.3 Å². The molecular weight excluding hydrogens is 484 g/mol. The summed E-state index contributed by atoms with van der Waals surface area (Å²) in [5, 5.41) is 0. The van der Waals surface area contributed by atoms with Gasteiger partial charge in [0.25, 0.3) is 0 Å². The van der Waals surface area contributed by atoms with E-state index in [0.717, 1.165) is 32.1 Å². The van der Waals surface area contributed by atoms with Crippen LogP contribution in [0.4, 0.5) is 17.6 Å². The predicted molar refractivity (Wildman–Crippen MR) is 149 cm³/mol. The van der Waals surface area contributed by atoms with Crippen LogP contribution in [0.1, 0.15) is 88.7 Å². The van der Waals surface area contributed by atoms with Crippen LogP contribution in [0.15, 0.2) is 60.7 Å². The van der Waals surface area contributed by atoms with Crippen LogP contribution < -0.4 is 0 Å². The van der Waals surface area contributed by atoms with E-state index in [0.29, 0.717) is 34.6 Å². The van der Waals surface area contributed by atoms with Crippen molar-refractivity contribution >= 4 is 0 Å². The maximum atomic E-state index is 15.2. The quantitative estimate of drug-likeness (QED) is 0.141. The molecule has 0 radical (unpaired) electrons. The molecule has 1 aliphatic carbocycles. The van der Waals surface area contributed by atoms with Gasteiger partial charge in [-0.05, 0) is 72.6 Å². The van der Waals surface area contributed by atoms with Gasteiger partial charge in [0.2, 0.25) is 0 Å². The Bertz CT molecular complexity index is 1230. The van der Waals surface area contributed by atoms with Crippen molar-refractivity contribution in [2.75, 3.05) is 0 Å². The van der Waals surface area contributed by atoms with E-state index in [1.54, 1.807) is 48.5 Å². The van der Waals surface area contributed by atoms with Crippen molar-refractivity contribution in [2.24, 2.45) is 5.92 Å². The Labute approximate surface area is 224 Å². The minimum atomic E-state index is -0.901. The Hall–Kier alpha value is -2.88. The fraction of sp³-hybridized carbons (Fsp3) is 0.412. The molecule has 1 fully saturated rings. The largest absolute Gasteiger partial charge is 0.203 e. The van der Waals surface area contributed by atoms with Crippen LogP contribution in [-0.4, -0.2) is 0 Å². The molecule has 0 nitrogen and oxygen atoms in total. The van der Waals surface area contributed by atoms with Gasteiger partial charge in [0.1, 0.15) is 0 Å². The van der Waals surface area contributed by atoms with Crippen molar-refractivity contribution in [3.8, 4) is 22.3 Å². The molecule has 3 aromatic carbocycles. The third-order valence-electron chi connectivity index (χ3n) is 8.02. The standard InChI is InChI=1S/C34H38F4/c1-3-5-7-9-23-11-13-24(14-12-23)29-21-22-30(34(38)33(29)37)26-17-15-25(16-18-26)28-20-19-27(10-8-6-4-2)31(35)32(28)36/h6,8,15-24H,3-5,7,9-14H2,1-2H3. The van der Waals surface area contributed by atoms with Gasteiger partial charge in [-0.25, -0.2) is 17.6 Å². The van der Waals surface area contributed by atoms with Crippen molar-refractivity contribution in [2.45, 2.75) is 84.0 Å². The summed E-state index contributed by atoms with van der Waals surface area (Å²) in [5.74, 6) is -2.60. The molecule has 1 saturated carbocycles. The normalized spacial score (nSPS) is 17.8. The predicted octanol–water partition coefficient (Wildman–Crippen LogP) is 10.9. The Morgan fingerprint density at radius 1 is 0.658 bits per heavy atom. The molecule has 3 aromatic rings. The molecule has 0 heterocycles. The molecule has 4 rings (SSSR count). The first kappa shape index (κ1) is 28.1. The molecule has 1 aliphatic rings. The second kappa shape index (κ2) is 13.3. The highest BCUT2D eigenvalue weighted by Crippen LogP contribution is 2.40. The molecule has 0 amide bonds. The van der Waals surface area contributed by atoms with Crippen molar-refractivity contribution < 1.29 is 17.6 Å². The average molecular weight is 523 g/mol. The molecule has 0 saturated heterocycles. The van der Waals surface area contributed by atoms with Crippen LogP contribution in [0.25, 0.3) is 22.3 Å². The van der Waals surface area contributed by atoms with Gasteiger partial charge in [0.05, 0.1) is 0 Å². The fourth-order valence-corrected chi connectivity index (χ4v) is 5.72. The van der Waals surface area contributed by atoms with E-state index in [2.05, 4.69) is 6.92 Å². The first-order valence-electron chi connectivity index (χ1n) is 14.1. The third-order valence-corrected chi connectivity index (χ3v) is 8.02. The molecule has 38 heavy (non-hydrogen) atoms. The fourth-order valence-electron chi connectivity index (χ4n) is 5.72. The van der Waals surface area contributed by atoms with Gasteiger partial charge >= 0.3 is 0 Å². The van der Waals surface area contributed by atoms with Crippen molar-refractivity contribution in [1.82, 2.24) is 0 Å². The van der Waals surface area contributed by atoms with Gasteiger partial charge in [-0.15, -0.1) is 0 Å². The topological polar surface area (TPSA) is 0 Å². The van der Waals surface area contributed by atoms with E-state index in [4.69, 9.17) is 0 Å². The zero-order valence-corrected chi connectivity index (χ0v) is 22.5. The van der Waals surface area contributed by atoms with Crippen molar-refractivity contribution in [3.63, 3.8) is 0 Å². The van der Waals surface area contributed by atoms with Gasteiger partial charge in [-0.3, -0.25) is 0 Å². The third kappa shape index (κ3) is 6.39. The summed E-state index contributed by atoms with van der Waals surface area (Å²) in [4.78, 5) is 0. The van der Waals surface area contributed by atoms with Crippen LogP contribution in [0, 0.1) is 29.2 Å². The van der Waals surface area contributed by atoms with Crippen LogP contribution in [0.5, 0.6) is 0 Å². The number of hydrogen-bond donors (Lipinski definition) is 0. The molecule has 0 aromatic heterocycles. The lowest BCUT2D eigenvalue weighted by atomic mass is 9.76. The lowest BCUT2D eigenvalue weighted by Gasteiger charge is -2.29. The summed E-state index contributed by atoms with van der Waals surface area (Å²) >= 11 is 0. The molecule has 0 unspecified atom stereocenters. The van der Waals surface area contributed by atoms with E-state index in [9.17, 15) is 8.78 Å². The number of halogens is 4. The van der Waals surface area contributed by atoms with Crippen LogP contribution in [0.2, 0.25) is 0 Å². The Morgan fingerprint density at radius 2 is 1.26 bits per heavy atom. The minimum absolute atomic E-state index is 0.0571. The Balaban J connectivity index is 1.48. The van der Waals surface area contributed by atoms with Gasteiger partial charge < -0.3 is 0 Å². The summed E-state index contributed by atoms with van der Waals surface area (Å²) in [6.45, 7) is 4.19. The molecule has 202 valence electrons. The monoisotopic (exact) mass is 522 g/mol. The Morgan fingerprint density at radius 3 is 1.87 bits per heavy atom. The molecular formula is C34H38F4. The van der Waals surface area contributed by atoms with E-state index in [-0.39, 0.29) is 17.0 Å². The number of hydrogen-bond acceptors (Lipinski definition) is 0. The van der Waals surface area contributed by atoms with E-state index in [1.807, 2.05) is 19.1 Å². The van der Waals surface area contributed by atoms with Gasteiger partial charge in [-0.1, -0.05) is 100 Å². The average Bonchev–Trinajstić information content (AvgIpc) is 2.94. The number of benzene rings is 3.